The Morgan fingerprint density at radius 2 is 0.429 bits per heavy atom. The molecule has 0 amide bonds. The molecule has 0 radical (unpaired) electrons. The first-order chi connectivity index (χ1) is 20.6. The molecule has 0 heterocycles. The van der Waals surface area contributed by atoms with Crippen LogP contribution in [0.15, 0.2) is 0 Å². The molecular formula is C37H70Cl2P2Ru+2. The minimum absolute atomic E-state index is 0.0465. The van der Waals surface area contributed by atoms with E-state index in [-0.39, 0.29) is 15.8 Å². The molecule has 0 spiro atoms. The Morgan fingerprint density at radius 3 is 0.548 bits per heavy atom. The van der Waals surface area contributed by atoms with Gasteiger partial charge in [-0.1, -0.05) is 38.5 Å². The fourth-order valence-electron chi connectivity index (χ4n) is 10.6. The van der Waals surface area contributed by atoms with Crippen LogP contribution in [0.4, 0.5) is 0 Å². The first-order valence-corrected chi connectivity index (χ1v) is 28.3. The zero-order valence-electron chi connectivity index (χ0n) is 27.5. The molecule has 42 heavy (non-hydrogen) atoms. The van der Waals surface area contributed by atoms with Gasteiger partial charge in [0.1, 0.15) is 0 Å². The predicted octanol–water partition coefficient (Wildman–Crippen LogP) is 13.7. The van der Waals surface area contributed by atoms with Gasteiger partial charge in [-0.3, -0.25) is 0 Å². The molecule has 6 aliphatic carbocycles. The van der Waals surface area contributed by atoms with Crippen molar-refractivity contribution in [2.24, 2.45) is 0 Å². The first-order valence-electron chi connectivity index (χ1n) is 19.1. The first kappa shape index (κ1) is 36.8. The Hall–Kier alpha value is 1.93. The van der Waals surface area contributed by atoms with Crippen molar-refractivity contribution in [1.29, 1.82) is 0 Å². The van der Waals surface area contributed by atoms with Gasteiger partial charge < -0.3 is 0 Å². The summed E-state index contributed by atoms with van der Waals surface area (Å²) >= 11 is -1.48. The summed E-state index contributed by atoms with van der Waals surface area (Å²) in [5, 5.41) is 3.31. The molecule has 0 bridgehead atoms. The van der Waals surface area contributed by atoms with E-state index in [0.717, 1.165) is 0 Å². The third-order valence-electron chi connectivity index (χ3n) is 12.5. The molecule has 6 fully saturated rings. The van der Waals surface area contributed by atoms with Crippen LogP contribution in [0.1, 0.15) is 193 Å². The molecule has 6 saturated carbocycles. The Balaban J connectivity index is 0.000000171. The third-order valence-corrected chi connectivity index (χ3v) is 21.6. The van der Waals surface area contributed by atoms with Crippen molar-refractivity contribution in [2.45, 2.75) is 227 Å². The molecule has 0 aromatic rings. The Bertz CT molecular complexity index is 555. The molecule has 0 nitrogen and oxygen atoms in total. The van der Waals surface area contributed by atoms with Gasteiger partial charge in [-0.25, -0.2) is 0 Å². The molecule has 0 saturated heterocycles. The van der Waals surface area contributed by atoms with Crippen LogP contribution in [0.25, 0.3) is 0 Å². The van der Waals surface area contributed by atoms with Crippen LogP contribution in [0.2, 0.25) is 0 Å². The fourth-order valence-corrected chi connectivity index (χ4v) is 21.1. The van der Waals surface area contributed by atoms with Crippen molar-refractivity contribution in [3.8, 4) is 0 Å². The number of hydrogen-bond acceptors (Lipinski definition) is 0. The van der Waals surface area contributed by atoms with Crippen LogP contribution in [0, 0.1) is 0 Å². The van der Waals surface area contributed by atoms with Gasteiger partial charge in [0.2, 0.25) is 0 Å². The molecule has 248 valence electrons. The Labute approximate surface area is 278 Å². The third kappa shape index (κ3) is 12.9. The van der Waals surface area contributed by atoms with E-state index < -0.39 is 13.5 Å². The maximum absolute atomic E-state index is 5.07. The quantitative estimate of drug-likeness (QED) is 0.187. The van der Waals surface area contributed by atoms with E-state index in [2.05, 4.69) is 5.11 Å². The van der Waals surface area contributed by atoms with Crippen molar-refractivity contribution in [3.05, 3.63) is 0 Å². The van der Waals surface area contributed by atoms with E-state index in [9.17, 15) is 0 Å². The van der Waals surface area contributed by atoms with Crippen LogP contribution in [0.5, 0.6) is 0 Å². The van der Waals surface area contributed by atoms with Crippen LogP contribution in [-0.4, -0.2) is 39.1 Å². The topological polar surface area (TPSA) is 0 Å². The van der Waals surface area contributed by atoms with E-state index in [1.165, 1.54) is 34.0 Å². The second-order valence-electron chi connectivity index (χ2n) is 15.2. The van der Waals surface area contributed by atoms with Gasteiger partial charge >= 0.3 is 38.0 Å². The Morgan fingerprint density at radius 1 is 0.310 bits per heavy atom. The monoisotopic (exact) mass is 748 g/mol. The van der Waals surface area contributed by atoms with E-state index in [0.29, 0.717) is 0 Å². The fraction of sp³-hybridized carbons (Fsp3) is 0.973. The summed E-state index contributed by atoms with van der Waals surface area (Å²) in [4.78, 5) is 0. The number of rotatable bonds is 6. The normalized spacial score (nSPS) is 27.2. The van der Waals surface area contributed by atoms with Gasteiger partial charge in [0.25, 0.3) is 0 Å². The van der Waals surface area contributed by atoms with Crippen molar-refractivity contribution >= 4 is 40.3 Å². The Kier molecular flexibility index (Phi) is 19.0. The van der Waals surface area contributed by atoms with E-state index in [1.54, 1.807) is 193 Å². The zero-order valence-corrected chi connectivity index (χ0v) is 32.7. The SMILES string of the molecule is C1CCC([PH+](C2CCCCC2)C2CCCCC2)CC1.C1CCC([PH+](C2CCCCC2)C2CCCCC2)CC1.[CH2]=[Ru]([Cl])[Cl]. The van der Waals surface area contributed by atoms with Crippen molar-refractivity contribution in [3.63, 3.8) is 0 Å². The summed E-state index contributed by atoms with van der Waals surface area (Å²) in [5.74, 6) is 0. The molecule has 0 atom stereocenters. The molecule has 0 aromatic carbocycles. The second kappa shape index (κ2) is 21.7. The van der Waals surface area contributed by atoms with Crippen molar-refractivity contribution in [1.82, 2.24) is 0 Å². The summed E-state index contributed by atoms with van der Waals surface area (Å²) in [5.41, 5.74) is 7.36. The molecule has 0 unspecified atom stereocenters. The molecular weight excluding hydrogens is 678 g/mol. The van der Waals surface area contributed by atoms with Gasteiger partial charge in [-0.2, -0.15) is 0 Å². The van der Waals surface area contributed by atoms with Gasteiger partial charge in [-0.05, 0) is 154 Å². The van der Waals surface area contributed by atoms with Crippen LogP contribution in [0.3, 0.4) is 0 Å². The van der Waals surface area contributed by atoms with Gasteiger partial charge in [0.15, 0.2) is 0 Å². The van der Waals surface area contributed by atoms with Gasteiger partial charge in [-0.15, -0.1) is 0 Å². The van der Waals surface area contributed by atoms with E-state index >= 15 is 0 Å². The molecule has 6 rings (SSSR count). The number of hydrogen-bond donors (Lipinski definition) is 0. The standard InChI is InChI=1S/2C18H33P.CH2.2ClH.Ru/c2*1-4-10-16(11-5-1)19(17-12-6-2-7-13-17)18-14-8-3-9-15-18;;;;/h2*16-18H,1-15H2;1H2;2*1H;/q;;;;;+2. The predicted molar refractivity (Wildman–Crippen MR) is 197 cm³/mol. The summed E-state index contributed by atoms with van der Waals surface area (Å²) in [6.07, 6.45) is 47.6. The molecule has 0 aliphatic heterocycles. The summed E-state index contributed by atoms with van der Waals surface area (Å²) in [6, 6.07) is 0. The summed E-state index contributed by atoms with van der Waals surface area (Å²) < 4.78 is 0. The van der Waals surface area contributed by atoms with Gasteiger partial charge in [0, 0.05) is 15.8 Å². The van der Waals surface area contributed by atoms with Crippen LogP contribution < -0.4 is 0 Å². The average molecular weight is 749 g/mol. The number of halogens is 2. The van der Waals surface area contributed by atoms with Crippen LogP contribution >= 0.6 is 35.2 Å². The van der Waals surface area contributed by atoms with E-state index in [4.69, 9.17) is 19.4 Å². The summed E-state index contributed by atoms with van der Waals surface area (Å²) in [7, 11) is 10.1. The minimum atomic E-state index is -1.48. The molecule has 0 aromatic heterocycles. The molecule has 5 heteroatoms. The zero-order chi connectivity index (χ0) is 29.4. The van der Waals surface area contributed by atoms with Gasteiger partial charge in [0.05, 0.1) is 34.0 Å². The summed E-state index contributed by atoms with van der Waals surface area (Å²) in [6.45, 7) is 0. The molecule has 6 aliphatic rings. The van der Waals surface area contributed by atoms with Crippen molar-refractivity contribution < 1.29 is 13.5 Å². The maximum atomic E-state index is 5.07. The average Bonchev–Trinajstić information content (AvgIpc) is 3.05. The van der Waals surface area contributed by atoms with Crippen molar-refractivity contribution in [2.75, 3.05) is 0 Å². The van der Waals surface area contributed by atoms with E-state index in [1.807, 2.05) is 0 Å². The molecule has 0 N–H and O–H groups in total. The van der Waals surface area contributed by atoms with Crippen LogP contribution in [-0.2, 0) is 13.5 Å². The second-order valence-corrected chi connectivity index (χ2v) is 28.0.